The van der Waals surface area contributed by atoms with Crippen LogP contribution in [0.15, 0.2) is 54.6 Å². The molecule has 0 saturated carbocycles. The molecule has 1 fully saturated rings. The van der Waals surface area contributed by atoms with Crippen molar-refractivity contribution in [3.8, 4) is 11.3 Å². The van der Waals surface area contributed by atoms with Crippen LogP contribution in [0, 0.1) is 0 Å². The minimum atomic E-state index is 0.152. The molecule has 1 aromatic heterocycles. The molecule has 0 bridgehead atoms. The first-order chi connectivity index (χ1) is 12.6. The van der Waals surface area contributed by atoms with Gasteiger partial charge in [0, 0.05) is 36.0 Å². The van der Waals surface area contributed by atoms with E-state index in [9.17, 15) is 4.79 Å². The fourth-order valence-corrected chi connectivity index (χ4v) is 4.44. The molecular formula is C23H26N2O. The van der Waals surface area contributed by atoms with Crippen molar-refractivity contribution in [3.05, 3.63) is 60.2 Å². The van der Waals surface area contributed by atoms with E-state index in [0.29, 0.717) is 6.42 Å². The van der Waals surface area contributed by atoms with Crippen molar-refractivity contribution < 1.29 is 4.79 Å². The van der Waals surface area contributed by atoms with E-state index in [1.807, 2.05) is 0 Å². The van der Waals surface area contributed by atoms with Gasteiger partial charge < -0.3 is 9.47 Å². The molecule has 1 amide bonds. The lowest BCUT2D eigenvalue weighted by Crippen LogP contribution is -2.35. The second-order valence-electron chi connectivity index (χ2n) is 7.32. The van der Waals surface area contributed by atoms with Crippen LogP contribution in [0.5, 0.6) is 0 Å². The molecule has 26 heavy (non-hydrogen) atoms. The van der Waals surface area contributed by atoms with Gasteiger partial charge in [0.2, 0.25) is 5.91 Å². The molecule has 1 saturated heterocycles. The summed E-state index contributed by atoms with van der Waals surface area (Å²) in [6.07, 6.45) is 2.52. The van der Waals surface area contributed by atoms with Gasteiger partial charge in [-0.25, -0.2) is 0 Å². The third kappa shape index (κ3) is 2.54. The van der Waals surface area contributed by atoms with Crippen molar-refractivity contribution in [3.63, 3.8) is 0 Å². The normalized spacial score (nSPS) is 18.7. The SMILES string of the molecule is CC[C@H](C)N1C(=O)CC[C@H]1c1c(-c2ccccc2)n(C)c2ccccc12. The molecule has 4 rings (SSSR count). The minimum absolute atomic E-state index is 0.152. The molecule has 0 unspecified atom stereocenters. The lowest BCUT2D eigenvalue weighted by Gasteiger charge is -2.31. The maximum Gasteiger partial charge on any atom is 0.223 e. The quantitative estimate of drug-likeness (QED) is 0.629. The van der Waals surface area contributed by atoms with E-state index in [0.717, 1.165) is 12.8 Å². The van der Waals surface area contributed by atoms with E-state index < -0.39 is 0 Å². The topological polar surface area (TPSA) is 25.2 Å². The van der Waals surface area contributed by atoms with Crippen molar-refractivity contribution in [1.82, 2.24) is 9.47 Å². The van der Waals surface area contributed by atoms with E-state index in [1.165, 1.54) is 27.7 Å². The number of carbonyl (C=O) groups excluding carboxylic acids is 1. The van der Waals surface area contributed by atoms with E-state index in [4.69, 9.17) is 0 Å². The molecule has 0 aliphatic carbocycles. The van der Waals surface area contributed by atoms with Gasteiger partial charge in [0.05, 0.1) is 11.7 Å². The van der Waals surface area contributed by atoms with E-state index in [-0.39, 0.29) is 18.0 Å². The first kappa shape index (κ1) is 16.9. The summed E-state index contributed by atoms with van der Waals surface area (Å²) in [4.78, 5) is 14.8. The highest BCUT2D eigenvalue weighted by Crippen LogP contribution is 2.44. The van der Waals surface area contributed by atoms with E-state index in [2.05, 4.69) is 85.0 Å². The van der Waals surface area contributed by atoms with Crippen LogP contribution in [0.3, 0.4) is 0 Å². The number of hydrogen-bond acceptors (Lipinski definition) is 1. The summed E-state index contributed by atoms with van der Waals surface area (Å²) in [6.45, 7) is 4.33. The molecule has 134 valence electrons. The third-order valence-electron chi connectivity index (χ3n) is 5.85. The Labute approximate surface area is 155 Å². The smallest absolute Gasteiger partial charge is 0.223 e. The summed E-state index contributed by atoms with van der Waals surface area (Å²) >= 11 is 0. The highest BCUT2D eigenvalue weighted by Gasteiger charge is 2.38. The largest absolute Gasteiger partial charge is 0.343 e. The van der Waals surface area contributed by atoms with Crippen LogP contribution in [-0.2, 0) is 11.8 Å². The molecule has 0 radical (unpaired) electrons. The van der Waals surface area contributed by atoms with Gasteiger partial charge in [-0.2, -0.15) is 0 Å². The molecule has 2 atom stereocenters. The monoisotopic (exact) mass is 346 g/mol. The second-order valence-corrected chi connectivity index (χ2v) is 7.32. The predicted molar refractivity (Wildman–Crippen MR) is 107 cm³/mol. The van der Waals surface area contributed by atoms with Crippen LogP contribution in [0.1, 0.15) is 44.7 Å². The summed E-state index contributed by atoms with van der Waals surface area (Å²) in [6, 6.07) is 19.5. The molecule has 1 aliphatic rings. The first-order valence-electron chi connectivity index (χ1n) is 9.57. The summed E-state index contributed by atoms with van der Waals surface area (Å²) in [5.41, 5.74) is 4.98. The number of carbonyl (C=O) groups is 1. The molecule has 2 heterocycles. The van der Waals surface area contributed by atoms with Crippen LogP contribution < -0.4 is 0 Å². The maximum absolute atomic E-state index is 12.7. The van der Waals surface area contributed by atoms with Gasteiger partial charge >= 0.3 is 0 Å². The minimum Gasteiger partial charge on any atom is -0.343 e. The van der Waals surface area contributed by atoms with Gasteiger partial charge in [0.15, 0.2) is 0 Å². The number of fused-ring (bicyclic) bond motifs is 1. The van der Waals surface area contributed by atoms with E-state index in [1.54, 1.807) is 0 Å². The molecule has 0 spiro atoms. The lowest BCUT2D eigenvalue weighted by molar-refractivity contribution is -0.131. The third-order valence-corrected chi connectivity index (χ3v) is 5.85. The molecule has 3 heteroatoms. The number of likely N-dealkylation sites (tertiary alicyclic amines) is 1. The number of rotatable bonds is 4. The highest BCUT2D eigenvalue weighted by molar-refractivity contribution is 5.93. The predicted octanol–water partition coefficient (Wildman–Crippen LogP) is 5.31. The summed E-state index contributed by atoms with van der Waals surface area (Å²) in [5.74, 6) is 0.288. The van der Waals surface area contributed by atoms with Gasteiger partial charge in [-0.3, -0.25) is 4.79 Å². The van der Waals surface area contributed by atoms with Crippen molar-refractivity contribution >= 4 is 16.8 Å². The van der Waals surface area contributed by atoms with Gasteiger partial charge in [-0.15, -0.1) is 0 Å². The Bertz CT molecular complexity index is 942. The number of aryl methyl sites for hydroxylation is 1. The number of nitrogens with zero attached hydrogens (tertiary/aromatic N) is 2. The van der Waals surface area contributed by atoms with Crippen LogP contribution in [0.4, 0.5) is 0 Å². The van der Waals surface area contributed by atoms with Crippen molar-refractivity contribution in [2.45, 2.75) is 45.2 Å². The number of aromatic nitrogens is 1. The zero-order chi connectivity index (χ0) is 18.3. The van der Waals surface area contributed by atoms with E-state index >= 15 is 0 Å². The standard InChI is InChI=1S/C23H26N2O/c1-4-16(2)25-20(14-15-21(25)26)22-18-12-8-9-13-19(18)24(3)23(22)17-10-6-5-7-11-17/h5-13,16,20H,4,14-15H2,1-3H3/t16-,20-/m0/s1. The Morgan fingerprint density at radius 2 is 1.77 bits per heavy atom. The zero-order valence-corrected chi connectivity index (χ0v) is 15.8. The number of benzene rings is 2. The Hall–Kier alpha value is -2.55. The summed E-state index contributed by atoms with van der Waals surface area (Å²) < 4.78 is 2.29. The molecule has 1 aliphatic heterocycles. The zero-order valence-electron chi connectivity index (χ0n) is 15.8. The van der Waals surface area contributed by atoms with Crippen LogP contribution in [0.25, 0.3) is 22.2 Å². The fraction of sp³-hybridized carbons (Fsp3) is 0.348. The molecule has 2 aromatic carbocycles. The second kappa shape index (κ2) is 6.64. The van der Waals surface area contributed by atoms with Crippen molar-refractivity contribution in [2.75, 3.05) is 0 Å². The molecule has 3 nitrogen and oxygen atoms in total. The number of para-hydroxylation sites is 1. The molecular weight excluding hydrogens is 320 g/mol. The summed E-state index contributed by atoms with van der Waals surface area (Å²) in [5, 5.41) is 1.27. The summed E-state index contributed by atoms with van der Waals surface area (Å²) in [7, 11) is 2.14. The Kier molecular flexibility index (Phi) is 4.31. The van der Waals surface area contributed by atoms with Gasteiger partial charge in [-0.1, -0.05) is 55.5 Å². The average molecular weight is 346 g/mol. The molecule has 3 aromatic rings. The van der Waals surface area contributed by atoms with Gasteiger partial charge in [0.25, 0.3) is 0 Å². The fourth-order valence-electron chi connectivity index (χ4n) is 4.44. The molecule has 0 N–H and O–H groups in total. The van der Waals surface area contributed by atoms with Crippen molar-refractivity contribution in [1.29, 1.82) is 0 Å². The lowest BCUT2D eigenvalue weighted by atomic mass is 9.96. The Morgan fingerprint density at radius 3 is 2.50 bits per heavy atom. The Morgan fingerprint density at radius 1 is 1.08 bits per heavy atom. The van der Waals surface area contributed by atoms with Crippen molar-refractivity contribution in [2.24, 2.45) is 7.05 Å². The number of amides is 1. The van der Waals surface area contributed by atoms with Crippen LogP contribution in [0.2, 0.25) is 0 Å². The van der Waals surface area contributed by atoms with Crippen LogP contribution in [-0.4, -0.2) is 21.4 Å². The first-order valence-corrected chi connectivity index (χ1v) is 9.57. The highest BCUT2D eigenvalue weighted by atomic mass is 16.2. The van der Waals surface area contributed by atoms with Gasteiger partial charge in [-0.05, 0) is 31.4 Å². The average Bonchev–Trinajstić information content (AvgIpc) is 3.19. The van der Waals surface area contributed by atoms with Crippen LogP contribution >= 0.6 is 0 Å². The van der Waals surface area contributed by atoms with Gasteiger partial charge in [0.1, 0.15) is 0 Å². The number of hydrogen-bond donors (Lipinski definition) is 0. The maximum atomic E-state index is 12.7. The Balaban J connectivity index is 1.98.